The highest BCUT2D eigenvalue weighted by Crippen LogP contribution is 2.40. The fourth-order valence-electron chi connectivity index (χ4n) is 3.58. The zero-order chi connectivity index (χ0) is 26.0. The molecule has 0 spiro atoms. The largest absolute Gasteiger partial charge is 0.493 e. The quantitative estimate of drug-likeness (QED) is 0.386. The first-order chi connectivity index (χ1) is 17.3. The van der Waals surface area contributed by atoms with Crippen LogP contribution in [0.2, 0.25) is 5.02 Å². The Morgan fingerprint density at radius 3 is 2.44 bits per heavy atom. The molecule has 1 aliphatic heterocycles. The van der Waals surface area contributed by atoms with Crippen molar-refractivity contribution in [2.24, 2.45) is 0 Å². The normalized spacial score (nSPS) is 14.6. The molecular weight excluding hydrogens is 531 g/mol. The average molecular weight is 551 g/mol. The molecule has 2 aromatic carbocycles. The molecule has 2 heterocycles. The third-order valence-electron chi connectivity index (χ3n) is 5.28. The molecule has 0 saturated carbocycles. The number of hydrogen-bond donors (Lipinski definition) is 1. The minimum absolute atomic E-state index is 0.0211. The highest BCUT2D eigenvalue weighted by atomic mass is 35.5. The van der Waals surface area contributed by atoms with Crippen LogP contribution < -0.4 is 19.5 Å². The summed E-state index contributed by atoms with van der Waals surface area (Å²) in [7, 11) is 4.44. The van der Waals surface area contributed by atoms with Gasteiger partial charge in [0.15, 0.2) is 11.5 Å². The summed E-state index contributed by atoms with van der Waals surface area (Å²) in [5, 5.41) is 3.02. The Bertz CT molecular complexity index is 1380. The molecule has 12 heteroatoms. The van der Waals surface area contributed by atoms with Crippen LogP contribution in [0.1, 0.15) is 15.2 Å². The Morgan fingerprint density at radius 1 is 1.11 bits per heavy atom. The van der Waals surface area contributed by atoms with Gasteiger partial charge in [-0.3, -0.25) is 19.3 Å². The summed E-state index contributed by atoms with van der Waals surface area (Å²) in [6.45, 7) is -0.00653. The fraction of sp³-hybridized carbons (Fsp3) is 0.208. The molecule has 0 bridgehead atoms. The zero-order valence-electron chi connectivity index (χ0n) is 19.3. The number of nitrogens with one attached hydrogen (secondary N) is 1. The standard InChI is InChI=1S/C24H20ClFN2O6S2/c1-32-15-8-12(9-16(33-2)20(15)34-3)10-18-23(30)28(24(31)36-18)7-6-27-22(29)21-19(25)14-5-4-13(26)11-17(14)35-21/h4-5,8-11H,6-7H2,1-3H3,(H,27,29). The molecule has 1 N–H and O–H groups in total. The van der Waals surface area contributed by atoms with Gasteiger partial charge in [0.1, 0.15) is 10.7 Å². The van der Waals surface area contributed by atoms with E-state index in [-0.39, 0.29) is 27.9 Å². The van der Waals surface area contributed by atoms with Crippen molar-refractivity contribution in [3.8, 4) is 17.2 Å². The Kier molecular flexibility index (Phi) is 7.72. The third kappa shape index (κ3) is 4.99. The monoisotopic (exact) mass is 550 g/mol. The van der Waals surface area contributed by atoms with Crippen molar-refractivity contribution >= 4 is 67.9 Å². The summed E-state index contributed by atoms with van der Waals surface area (Å²) >= 11 is 8.15. The van der Waals surface area contributed by atoms with E-state index < -0.39 is 22.9 Å². The van der Waals surface area contributed by atoms with E-state index in [1.807, 2.05) is 0 Å². The fourth-order valence-corrected chi connectivity index (χ4v) is 5.90. The topological polar surface area (TPSA) is 94.2 Å². The number of carbonyl (C=O) groups excluding carboxylic acids is 3. The molecule has 36 heavy (non-hydrogen) atoms. The molecule has 0 atom stereocenters. The molecule has 3 amide bonds. The Labute approximate surface area is 218 Å². The van der Waals surface area contributed by atoms with Gasteiger partial charge >= 0.3 is 0 Å². The van der Waals surface area contributed by atoms with Crippen molar-refractivity contribution in [3.63, 3.8) is 0 Å². The summed E-state index contributed by atoms with van der Waals surface area (Å²) in [5.41, 5.74) is 0.583. The van der Waals surface area contributed by atoms with Gasteiger partial charge in [0.25, 0.3) is 17.1 Å². The molecule has 188 valence electrons. The van der Waals surface area contributed by atoms with Crippen LogP contribution in [-0.2, 0) is 4.79 Å². The van der Waals surface area contributed by atoms with Crippen molar-refractivity contribution in [3.05, 3.63) is 56.5 Å². The Morgan fingerprint density at radius 2 is 1.81 bits per heavy atom. The number of amides is 3. The van der Waals surface area contributed by atoms with Gasteiger partial charge in [0, 0.05) is 23.2 Å². The van der Waals surface area contributed by atoms with E-state index in [1.165, 1.54) is 39.5 Å². The lowest BCUT2D eigenvalue weighted by Crippen LogP contribution is -2.37. The summed E-state index contributed by atoms with van der Waals surface area (Å²) in [6.07, 6.45) is 1.56. The van der Waals surface area contributed by atoms with E-state index in [0.29, 0.717) is 32.9 Å². The Hall–Kier alpha value is -3.28. The number of imide groups is 1. The van der Waals surface area contributed by atoms with Crippen molar-refractivity contribution < 1.29 is 33.0 Å². The number of benzene rings is 2. The number of halogens is 2. The second-order valence-electron chi connectivity index (χ2n) is 7.43. The van der Waals surface area contributed by atoms with Crippen LogP contribution in [0.15, 0.2) is 35.2 Å². The van der Waals surface area contributed by atoms with E-state index >= 15 is 0 Å². The second kappa shape index (κ2) is 10.8. The molecule has 0 unspecified atom stereocenters. The van der Waals surface area contributed by atoms with Crippen LogP contribution in [-0.4, -0.2) is 56.4 Å². The summed E-state index contributed by atoms with van der Waals surface area (Å²) < 4.78 is 30.0. The van der Waals surface area contributed by atoms with E-state index in [4.69, 9.17) is 25.8 Å². The summed E-state index contributed by atoms with van der Waals surface area (Å²) in [5.74, 6) is -0.151. The number of nitrogens with zero attached hydrogens (tertiary/aromatic N) is 1. The van der Waals surface area contributed by atoms with Gasteiger partial charge in [-0.2, -0.15) is 0 Å². The van der Waals surface area contributed by atoms with Crippen LogP contribution in [0, 0.1) is 5.82 Å². The second-order valence-corrected chi connectivity index (χ2v) is 9.86. The molecule has 0 radical (unpaired) electrons. The predicted octanol–water partition coefficient (Wildman–Crippen LogP) is 5.19. The number of rotatable bonds is 8. The maximum absolute atomic E-state index is 13.5. The minimum atomic E-state index is -0.483. The van der Waals surface area contributed by atoms with Crippen LogP contribution >= 0.6 is 34.7 Å². The maximum atomic E-state index is 13.5. The maximum Gasteiger partial charge on any atom is 0.293 e. The van der Waals surface area contributed by atoms with Gasteiger partial charge in [0.2, 0.25) is 5.75 Å². The van der Waals surface area contributed by atoms with Crippen molar-refractivity contribution in [1.82, 2.24) is 10.2 Å². The smallest absolute Gasteiger partial charge is 0.293 e. The number of thioether (sulfide) groups is 1. The SMILES string of the molecule is COc1cc(C=C2SC(=O)N(CCNC(=O)c3sc4cc(F)ccc4c3Cl)C2=O)cc(OC)c1OC. The number of carbonyl (C=O) groups is 3. The first-order valence-corrected chi connectivity index (χ1v) is 12.5. The van der Waals surface area contributed by atoms with Crippen LogP contribution in [0.5, 0.6) is 17.2 Å². The third-order valence-corrected chi connectivity index (χ3v) is 7.84. The van der Waals surface area contributed by atoms with Gasteiger partial charge in [-0.25, -0.2) is 4.39 Å². The molecule has 3 aromatic rings. The molecule has 8 nitrogen and oxygen atoms in total. The number of ether oxygens (including phenoxy) is 3. The van der Waals surface area contributed by atoms with Crippen LogP contribution in [0.3, 0.4) is 0 Å². The lowest BCUT2D eigenvalue weighted by atomic mass is 10.1. The molecule has 0 aliphatic carbocycles. The minimum Gasteiger partial charge on any atom is -0.493 e. The first-order valence-electron chi connectivity index (χ1n) is 10.5. The van der Waals surface area contributed by atoms with E-state index in [9.17, 15) is 18.8 Å². The lowest BCUT2D eigenvalue weighted by molar-refractivity contribution is -0.122. The van der Waals surface area contributed by atoms with Crippen molar-refractivity contribution in [1.29, 1.82) is 0 Å². The first kappa shape index (κ1) is 25.8. The van der Waals surface area contributed by atoms with Crippen LogP contribution in [0.25, 0.3) is 16.2 Å². The average Bonchev–Trinajstić information content (AvgIpc) is 3.33. The molecular formula is C24H20ClFN2O6S2. The lowest BCUT2D eigenvalue weighted by Gasteiger charge is -2.13. The summed E-state index contributed by atoms with van der Waals surface area (Å²) in [6, 6.07) is 7.42. The number of methoxy groups -OCH3 is 3. The van der Waals surface area contributed by atoms with E-state index in [1.54, 1.807) is 18.2 Å². The molecule has 1 aliphatic rings. The number of fused-ring (bicyclic) bond motifs is 1. The van der Waals surface area contributed by atoms with Gasteiger partial charge in [-0.05, 0) is 53.7 Å². The zero-order valence-corrected chi connectivity index (χ0v) is 21.7. The number of hydrogen-bond acceptors (Lipinski definition) is 8. The molecule has 4 rings (SSSR count). The van der Waals surface area contributed by atoms with Gasteiger partial charge in [0.05, 0.1) is 31.3 Å². The summed E-state index contributed by atoms with van der Waals surface area (Å²) in [4.78, 5) is 39.5. The molecule has 1 fully saturated rings. The molecule has 1 aromatic heterocycles. The Balaban J connectivity index is 1.44. The highest BCUT2D eigenvalue weighted by molar-refractivity contribution is 8.18. The van der Waals surface area contributed by atoms with Crippen LogP contribution in [0.4, 0.5) is 9.18 Å². The van der Waals surface area contributed by atoms with Gasteiger partial charge in [-0.1, -0.05) is 11.6 Å². The van der Waals surface area contributed by atoms with E-state index in [0.717, 1.165) is 28.0 Å². The highest BCUT2D eigenvalue weighted by Gasteiger charge is 2.35. The predicted molar refractivity (Wildman–Crippen MR) is 138 cm³/mol. The van der Waals surface area contributed by atoms with E-state index in [2.05, 4.69) is 5.32 Å². The number of thiophene rings is 1. The van der Waals surface area contributed by atoms with Gasteiger partial charge < -0.3 is 19.5 Å². The van der Waals surface area contributed by atoms with Gasteiger partial charge in [-0.15, -0.1) is 11.3 Å². The van der Waals surface area contributed by atoms with Crippen molar-refractivity contribution in [2.45, 2.75) is 0 Å². The van der Waals surface area contributed by atoms with Crippen molar-refractivity contribution in [2.75, 3.05) is 34.4 Å². The molecule has 1 saturated heterocycles.